The summed E-state index contributed by atoms with van der Waals surface area (Å²) in [7, 11) is 0. The van der Waals surface area contributed by atoms with Crippen LogP contribution in [0.5, 0.6) is 0 Å². The van der Waals surface area contributed by atoms with Gasteiger partial charge in [0.2, 0.25) is 11.8 Å². The number of carbonyl (C=O) groups excluding carboxylic acids is 2. The van der Waals surface area contributed by atoms with E-state index in [1.54, 1.807) is 11.0 Å². The second kappa shape index (κ2) is 9.80. The van der Waals surface area contributed by atoms with E-state index in [1.807, 2.05) is 60.0 Å². The summed E-state index contributed by atoms with van der Waals surface area (Å²) in [5.41, 5.74) is 3.39. The molecule has 0 bridgehead atoms. The maximum absolute atomic E-state index is 12.2. The van der Waals surface area contributed by atoms with Crippen LogP contribution in [0.2, 0.25) is 0 Å². The molecule has 2 aromatic carbocycles. The van der Waals surface area contributed by atoms with Crippen molar-refractivity contribution in [2.75, 3.05) is 10.2 Å². The Morgan fingerprint density at radius 1 is 1.10 bits per heavy atom. The molecule has 0 radical (unpaired) electrons. The van der Waals surface area contributed by atoms with Crippen LogP contribution >= 0.6 is 11.3 Å². The van der Waals surface area contributed by atoms with Crippen molar-refractivity contribution in [3.8, 4) is 0 Å². The number of hydrogen-bond donors (Lipinski definition) is 1. The molecule has 5 nitrogen and oxygen atoms in total. The van der Waals surface area contributed by atoms with Crippen LogP contribution in [-0.4, -0.2) is 16.8 Å². The molecule has 148 valence electrons. The molecule has 0 aliphatic heterocycles. The molecule has 0 aliphatic carbocycles. The molecule has 0 fully saturated rings. The predicted octanol–water partition coefficient (Wildman–Crippen LogP) is 5.43. The lowest BCUT2D eigenvalue weighted by atomic mass is 10.1. The van der Waals surface area contributed by atoms with Gasteiger partial charge in [0, 0.05) is 24.1 Å². The number of nitrogens with one attached hydrogen (secondary N) is 1. The summed E-state index contributed by atoms with van der Waals surface area (Å²) < 4.78 is 0. The van der Waals surface area contributed by atoms with Crippen LogP contribution in [0, 0.1) is 0 Å². The summed E-state index contributed by atoms with van der Waals surface area (Å²) >= 11 is 1.35. The molecule has 0 atom stereocenters. The molecule has 0 saturated carbocycles. The van der Waals surface area contributed by atoms with Crippen molar-refractivity contribution >= 4 is 45.7 Å². The molecule has 1 N–H and O–H groups in total. The molecular weight excluding hydrogens is 382 g/mol. The van der Waals surface area contributed by atoms with Crippen LogP contribution in [-0.2, 0) is 16.0 Å². The van der Waals surface area contributed by atoms with Crippen molar-refractivity contribution in [2.45, 2.75) is 26.7 Å². The number of nitrogens with zero attached hydrogens (tertiary/aromatic N) is 2. The van der Waals surface area contributed by atoms with Gasteiger partial charge in [-0.1, -0.05) is 43.7 Å². The zero-order valence-corrected chi connectivity index (χ0v) is 17.3. The average Bonchev–Trinajstić information content (AvgIpc) is 3.17. The number of benzene rings is 2. The number of anilines is 3. The van der Waals surface area contributed by atoms with Crippen molar-refractivity contribution in [1.82, 2.24) is 4.98 Å². The van der Waals surface area contributed by atoms with E-state index in [9.17, 15) is 9.59 Å². The molecule has 6 heteroatoms. The number of amides is 2. The zero-order valence-electron chi connectivity index (χ0n) is 16.5. The first kappa shape index (κ1) is 20.5. The fourth-order valence-corrected chi connectivity index (χ4v) is 3.70. The number of hydrogen-bond acceptors (Lipinski definition) is 4. The molecular formula is C23H23N3O2S. The molecule has 0 aliphatic rings. The summed E-state index contributed by atoms with van der Waals surface area (Å²) in [5.74, 6) is -0.348. The Kier molecular flexibility index (Phi) is 6.92. The summed E-state index contributed by atoms with van der Waals surface area (Å²) in [6.45, 7) is 3.64. The largest absolute Gasteiger partial charge is 0.323 e. The van der Waals surface area contributed by atoms with Crippen molar-refractivity contribution < 1.29 is 9.59 Å². The van der Waals surface area contributed by atoms with Gasteiger partial charge in [0.05, 0.1) is 11.4 Å². The fourth-order valence-electron chi connectivity index (χ4n) is 2.85. The van der Waals surface area contributed by atoms with Gasteiger partial charge in [0.15, 0.2) is 5.13 Å². The second-order valence-electron chi connectivity index (χ2n) is 6.51. The van der Waals surface area contributed by atoms with Crippen LogP contribution in [0.15, 0.2) is 66.1 Å². The third-order valence-corrected chi connectivity index (χ3v) is 5.04. The van der Waals surface area contributed by atoms with Gasteiger partial charge in [-0.05, 0) is 42.3 Å². The van der Waals surface area contributed by atoms with Gasteiger partial charge in [-0.2, -0.15) is 0 Å². The van der Waals surface area contributed by atoms with Gasteiger partial charge in [-0.25, -0.2) is 4.98 Å². The van der Waals surface area contributed by atoms with E-state index in [4.69, 9.17) is 0 Å². The molecule has 0 unspecified atom stereocenters. The Labute approximate surface area is 174 Å². The maximum atomic E-state index is 12.2. The maximum Gasteiger partial charge on any atom is 0.248 e. The van der Waals surface area contributed by atoms with E-state index in [2.05, 4.69) is 17.2 Å². The minimum absolute atomic E-state index is 0.120. The first-order chi connectivity index (χ1) is 14.1. The third kappa shape index (κ3) is 5.62. The van der Waals surface area contributed by atoms with Gasteiger partial charge >= 0.3 is 0 Å². The normalized spacial score (nSPS) is 10.8. The fraction of sp³-hybridized carbons (Fsp3) is 0.174. The van der Waals surface area contributed by atoms with E-state index in [0.717, 1.165) is 24.2 Å². The molecule has 29 heavy (non-hydrogen) atoms. The van der Waals surface area contributed by atoms with Crippen LogP contribution in [0.4, 0.5) is 16.5 Å². The number of aromatic nitrogens is 1. The summed E-state index contributed by atoms with van der Waals surface area (Å²) in [5, 5.41) is 5.22. The quantitative estimate of drug-likeness (QED) is 0.533. The predicted molar refractivity (Wildman–Crippen MR) is 119 cm³/mol. The Morgan fingerprint density at radius 3 is 2.48 bits per heavy atom. The minimum Gasteiger partial charge on any atom is -0.323 e. The van der Waals surface area contributed by atoms with Gasteiger partial charge in [-0.15, -0.1) is 11.3 Å². The van der Waals surface area contributed by atoms with Crippen molar-refractivity contribution in [1.29, 1.82) is 0 Å². The molecule has 1 aromatic heterocycles. The topological polar surface area (TPSA) is 62.3 Å². The van der Waals surface area contributed by atoms with Crippen LogP contribution in [0.25, 0.3) is 6.08 Å². The lowest BCUT2D eigenvalue weighted by Gasteiger charge is -2.17. The highest BCUT2D eigenvalue weighted by Crippen LogP contribution is 2.29. The van der Waals surface area contributed by atoms with Crippen molar-refractivity contribution in [2.24, 2.45) is 0 Å². The van der Waals surface area contributed by atoms with E-state index in [-0.39, 0.29) is 11.8 Å². The molecule has 3 rings (SSSR count). The SMILES string of the molecule is CCCc1ccc(NC(=O)/C=C/c2csc(N(C(C)=O)c3ccccc3)n2)cc1. The monoisotopic (exact) mass is 405 g/mol. The number of para-hydroxylation sites is 1. The highest BCUT2D eigenvalue weighted by atomic mass is 32.1. The second-order valence-corrected chi connectivity index (χ2v) is 7.35. The minimum atomic E-state index is -0.228. The molecule has 1 heterocycles. The smallest absolute Gasteiger partial charge is 0.248 e. The summed E-state index contributed by atoms with van der Waals surface area (Å²) in [4.78, 5) is 30.3. The number of thiazole rings is 1. The summed E-state index contributed by atoms with van der Waals surface area (Å²) in [6, 6.07) is 17.2. The van der Waals surface area contributed by atoms with Crippen molar-refractivity contribution in [3.63, 3.8) is 0 Å². The van der Waals surface area contributed by atoms with E-state index < -0.39 is 0 Å². The zero-order chi connectivity index (χ0) is 20.6. The van der Waals surface area contributed by atoms with E-state index in [1.165, 1.54) is 29.9 Å². The highest BCUT2D eigenvalue weighted by Gasteiger charge is 2.17. The van der Waals surface area contributed by atoms with E-state index >= 15 is 0 Å². The van der Waals surface area contributed by atoms with Crippen LogP contribution in [0.3, 0.4) is 0 Å². The Hall–Kier alpha value is -3.25. The number of aryl methyl sites for hydroxylation is 1. The van der Waals surface area contributed by atoms with Crippen LogP contribution < -0.4 is 10.2 Å². The lowest BCUT2D eigenvalue weighted by molar-refractivity contribution is -0.116. The number of carbonyl (C=O) groups is 2. The standard InChI is InChI=1S/C23H23N3O2S/c1-3-7-18-10-12-19(13-11-18)24-22(28)15-14-20-16-29-23(25-20)26(17(2)27)21-8-5-4-6-9-21/h4-6,8-16H,3,7H2,1-2H3,(H,24,28)/b15-14+. The van der Waals surface area contributed by atoms with Crippen molar-refractivity contribution in [3.05, 3.63) is 77.3 Å². The first-order valence-corrected chi connectivity index (χ1v) is 10.3. The summed E-state index contributed by atoms with van der Waals surface area (Å²) in [6.07, 6.45) is 5.21. The highest BCUT2D eigenvalue weighted by molar-refractivity contribution is 7.14. The molecule has 3 aromatic rings. The Balaban J connectivity index is 1.66. The third-order valence-electron chi connectivity index (χ3n) is 4.20. The van der Waals surface area contributed by atoms with Crippen LogP contribution in [0.1, 0.15) is 31.5 Å². The van der Waals surface area contributed by atoms with Gasteiger partial charge in [0.1, 0.15) is 0 Å². The first-order valence-electron chi connectivity index (χ1n) is 9.46. The average molecular weight is 406 g/mol. The Morgan fingerprint density at radius 2 is 1.83 bits per heavy atom. The number of rotatable bonds is 7. The molecule has 0 saturated heterocycles. The lowest BCUT2D eigenvalue weighted by Crippen LogP contribution is -2.22. The van der Waals surface area contributed by atoms with E-state index in [0.29, 0.717) is 10.8 Å². The van der Waals surface area contributed by atoms with Gasteiger partial charge < -0.3 is 5.32 Å². The molecule has 0 spiro atoms. The molecule has 2 amide bonds. The van der Waals surface area contributed by atoms with Gasteiger partial charge in [-0.3, -0.25) is 14.5 Å². The van der Waals surface area contributed by atoms with Gasteiger partial charge in [0.25, 0.3) is 0 Å². The Bertz CT molecular complexity index is 994.